The number of para-hydroxylation sites is 1. The molecule has 0 radical (unpaired) electrons. The lowest BCUT2D eigenvalue weighted by atomic mass is 10.1. The maximum absolute atomic E-state index is 13.4. The summed E-state index contributed by atoms with van der Waals surface area (Å²) in [5, 5.41) is 12.5. The zero-order valence-corrected chi connectivity index (χ0v) is 18.4. The summed E-state index contributed by atoms with van der Waals surface area (Å²) in [6, 6.07) is 13.5. The van der Waals surface area contributed by atoms with Crippen LogP contribution in [0.1, 0.15) is 29.4 Å². The van der Waals surface area contributed by atoms with Crippen molar-refractivity contribution < 1.29 is 14.4 Å². The Labute approximate surface area is 190 Å². The molecule has 1 amide bonds. The van der Waals surface area contributed by atoms with E-state index < -0.39 is 0 Å². The van der Waals surface area contributed by atoms with E-state index in [0.717, 1.165) is 24.2 Å². The molecular formula is C23H25N7O3. The van der Waals surface area contributed by atoms with Crippen molar-refractivity contribution in [3.05, 3.63) is 66.1 Å². The number of hydrogen-bond donors (Lipinski definition) is 0. The summed E-state index contributed by atoms with van der Waals surface area (Å²) < 4.78 is 7.70. The highest BCUT2D eigenvalue weighted by molar-refractivity contribution is 5.95. The molecule has 4 aromatic rings. The van der Waals surface area contributed by atoms with Crippen LogP contribution in [0.15, 0.2) is 54.9 Å². The predicted octanol–water partition coefficient (Wildman–Crippen LogP) is 1.93. The number of nitrogens with zero attached hydrogens (tertiary/aromatic N) is 7. The molecule has 5 rings (SSSR count). The Balaban J connectivity index is 1.29. The molecule has 1 unspecified atom stereocenters. The minimum absolute atomic E-state index is 0.0400. The van der Waals surface area contributed by atoms with E-state index in [1.165, 1.54) is 4.85 Å². The lowest BCUT2D eigenvalue weighted by Crippen LogP contribution is -2.48. The molecule has 0 saturated carbocycles. The Morgan fingerprint density at radius 2 is 2.09 bits per heavy atom. The Kier molecular flexibility index (Phi) is 5.99. The molecule has 0 aliphatic carbocycles. The molecule has 0 N–H and O–H groups in total. The molecular weight excluding hydrogens is 422 g/mol. The van der Waals surface area contributed by atoms with E-state index in [-0.39, 0.29) is 18.6 Å². The summed E-state index contributed by atoms with van der Waals surface area (Å²) in [4.78, 5) is 26.5. The number of carbonyl (C=O) groups excluding carboxylic acids is 1. The van der Waals surface area contributed by atoms with Crippen molar-refractivity contribution in [3.63, 3.8) is 0 Å². The number of fused-ring (bicyclic) bond motifs is 1. The van der Waals surface area contributed by atoms with Crippen molar-refractivity contribution in [2.45, 2.75) is 25.9 Å². The van der Waals surface area contributed by atoms with E-state index in [1.54, 1.807) is 23.4 Å². The second kappa shape index (κ2) is 9.37. The van der Waals surface area contributed by atoms with Gasteiger partial charge in [0, 0.05) is 12.7 Å². The highest BCUT2D eigenvalue weighted by atomic mass is 16.7. The molecule has 10 nitrogen and oxygen atoms in total. The molecule has 170 valence electrons. The number of rotatable bonds is 7. The Morgan fingerprint density at radius 3 is 2.94 bits per heavy atom. The van der Waals surface area contributed by atoms with Gasteiger partial charge in [0.15, 0.2) is 0 Å². The Hall–Kier alpha value is -3.79. The molecule has 1 atom stereocenters. The molecule has 33 heavy (non-hydrogen) atoms. The van der Waals surface area contributed by atoms with Crippen LogP contribution < -0.4 is 4.84 Å². The molecule has 1 saturated heterocycles. The summed E-state index contributed by atoms with van der Waals surface area (Å²) in [6.45, 7) is 3.70. The zero-order valence-electron chi connectivity index (χ0n) is 18.4. The van der Waals surface area contributed by atoms with Gasteiger partial charge in [-0.1, -0.05) is 36.4 Å². The third kappa shape index (κ3) is 4.29. The van der Waals surface area contributed by atoms with Crippen LogP contribution in [0, 0.1) is 0 Å². The third-order valence-electron chi connectivity index (χ3n) is 5.58. The van der Waals surface area contributed by atoms with Crippen LogP contribution >= 0.6 is 0 Å². The van der Waals surface area contributed by atoms with E-state index in [9.17, 15) is 4.79 Å². The van der Waals surface area contributed by atoms with Gasteiger partial charge in [-0.3, -0.25) is 4.79 Å². The first-order valence-corrected chi connectivity index (χ1v) is 11.1. The van der Waals surface area contributed by atoms with Gasteiger partial charge >= 0.3 is 0 Å². The quantitative estimate of drug-likeness (QED) is 0.427. The van der Waals surface area contributed by atoms with Crippen LogP contribution in [0.3, 0.4) is 0 Å². The summed E-state index contributed by atoms with van der Waals surface area (Å²) >= 11 is 0. The zero-order chi connectivity index (χ0) is 22.6. The second-order valence-corrected chi connectivity index (χ2v) is 7.85. The highest BCUT2D eigenvalue weighted by Crippen LogP contribution is 2.20. The summed E-state index contributed by atoms with van der Waals surface area (Å²) in [6.07, 6.45) is 4.72. The number of morpholine rings is 1. The van der Waals surface area contributed by atoms with Gasteiger partial charge in [0.2, 0.25) is 5.65 Å². The van der Waals surface area contributed by atoms with Crippen molar-refractivity contribution >= 4 is 17.1 Å². The summed E-state index contributed by atoms with van der Waals surface area (Å²) in [5.74, 6) is -0.0400. The molecule has 4 heterocycles. The van der Waals surface area contributed by atoms with E-state index in [1.807, 2.05) is 41.1 Å². The fourth-order valence-electron chi connectivity index (χ4n) is 3.98. The lowest BCUT2D eigenvalue weighted by molar-refractivity contribution is -0.0680. The fraction of sp³-hybridized carbons (Fsp3) is 0.348. The maximum Gasteiger partial charge on any atom is 0.257 e. The number of amides is 1. The van der Waals surface area contributed by atoms with Crippen LogP contribution in [-0.4, -0.2) is 73.1 Å². The SMILES string of the molecule is CCCc1c(C(=O)N2CCOC(COn3nnc4cccnc43)C2)cnn1-c1ccccc1. The molecule has 0 spiro atoms. The van der Waals surface area contributed by atoms with Gasteiger partial charge in [0.25, 0.3) is 5.91 Å². The number of pyridine rings is 1. The molecule has 1 aliphatic heterocycles. The largest absolute Gasteiger partial charge is 0.391 e. The van der Waals surface area contributed by atoms with E-state index in [4.69, 9.17) is 9.57 Å². The summed E-state index contributed by atoms with van der Waals surface area (Å²) in [5.41, 5.74) is 3.69. The topological polar surface area (TPSA) is 100 Å². The van der Waals surface area contributed by atoms with Crippen LogP contribution in [0.4, 0.5) is 0 Å². The third-order valence-corrected chi connectivity index (χ3v) is 5.58. The smallest absolute Gasteiger partial charge is 0.257 e. The monoisotopic (exact) mass is 447 g/mol. The minimum Gasteiger partial charge on any atom is -0.391 e. The van der Waals surface area contributed by atoms with Crippen LogP contribution in [0.5, 0.6) is 0 Å². The van der Waals surface area contributed by atoms with Gasteiger partial charge < -0.3 is 14.5 Å². The average Bonchev–Trinajstić information content (AvgIpc) is 3.48. The summed E-state index contributed by atoms with van der Waals surface area (Å²) in [7, 11) is 0. The van der Waals surface area contributed by atoms with Gasteiger partial charge in [-0.2, -0.15) is 5.10 Å². The lowest BCUT2D eigenvalue weighted by Gasteiger charge is -2.32. The van der Waals surface area contributed by atoms with Crippen molar-refractivity contribution in [2.24, 2.45) is 0 Å². The number of hydrogen-bond acceptors (Lipinski definition) is 7. The van der Waals surface area contributed by atoms with Crippen molar-refractivity contribution in [1.29, 1.82) is 0 Å². The second-order valence-electron chi connectivity index (χ2n) is 7.85. The van der Waals surface area contributed by atoms with Gasteiger partial charge in [-0.05, 0) is 35.9 Å². The normalized spacial score (nSPS) is 16.3. The first-order chi connectivity index (χ1) is 16.2. The first-order valence-electron chi connectivity index (χ1n) is 11.1. The van der Waals surface area contributed by atoms with Gasteiger partial charge in [0.05, 0.1) is 36.3 Å². The Bertz CT molecular complexity index is 1240. The number of benzene rings is 1. The molecule has 3 aromatic heterocycles. The van der Waals surface area contributed by atoms with E-state index in [2.05, 4.69) is 27.3 Å². The minimum atomic E-state index is -0.288. The average molecular weight is 447 g/mol. The number of carbonyl (C=O) groups is 1. The molecule has 0 bridgehead atoms. The first kappa shape index (κ1) is 21.1. The van der Waals surface area contributed by atoms with E-state index >= 15 is 0 Å². The van der Waals surface area contributed by atoms with Crippen molar-refractivity contribution in [2.75, 3.05) is 26.3 Å². The number of ether oxygens (including phenoxy) is 1. The highest BCUT2D eigenvalue weighted by Gasteiger charge is 2.29. The van der Waals surface area contributed by atoms with Gasteiger partial charge in [-0.15, -0.1) is 5.10 Å². The molecule has 1 aliphatic rings. The number of aromatic nitrogens is 6. The van der Waals surface area contributed by atoms with Crippen LogP contribution in [0.25, 0.3) is 16.9 Å². The maximum atomic E-state index is 13.4. The van der Waals surface area contributed by atoms with Crippen LogP contribution in [-0.2, 0) is 11.2 Å². The fourth-order valence-corrected chi connectivity index (χ4v) is 3.98. The van der Waals surface area contributed by atoms with Crippen LogP contribution in [0.2, 0.25) is 0 Å². The van der Waals surface area contributed by atoms with Crippen molar-refractivity contribution in [3.8, 4) is 5.69 Å². The predicted molar refractivity (Wildman–Crippen MR) is 120 cm³/mol. The van der Waals surface area contributed by atoms with Crippen molar-refractivity contribution in [1.82, 2.24) is 34.8 Å². The van der Waals surface area contributed by atoms with Gasteiger partial charge in [0.1, 0.15) is 18.2 Å². The standard InChI is InChI=1S/C23H25N7O3/c1-2-7-21-19(14-25-29(21)17-8-4-3-5-9-17)23(31)28-12-13-32-18(15-28)16-33-30-22-20(26-27-30)10-6-11-24-22/h3-6,8-11,14,18H,2,7,12-13,15-16H2,1H3. The van der Waals surface area contributed by atoms with Gasteiger partial charge in [-0.25, -0.2) is 9.67 Å². The molecule has 1 fully saturated rings. The molecule has 1 aromatic carbocycles. The Morgan fingerprint density at radius 1 is 1.21 bits per heavy atom. The van der Waals surface area contributed by atoms with E-state index in [0.29, 0.717) is 36.4 Å². The molecule has 10 heteroatoms.